The fourth-order valence-electron chi connectivity index (χ4n) is 5.92. The molecule has 2 unspecified atom stereocenters. The van der Waals surface area contributed by atoms with Crippen molar-refractivity contribution in [2.75, 3.05) is 0 Å². The highest BCUT2D eigenvalue weighted by molar-refractivity contribution is 7.89. The first-order valence-electron chi connectivity index (χ1n) is 13.5. The Balaban J connectivity index is 1.54. The number of hydrogen-bond acceptors (Lipinski definition) is 8. The van der Waals surface area contributed by atoms with Gasteiger partial charge in [0.25, 0.3) is 6.43 Å². The third kappa shape index (κ3) is 4.83. The van der Waals surface area contributed by atoms with Crippen LogP contribution in [-0.2, 0) is 21.9 Å². The molecule has 0 spiro atoms. The van der Waals surface area contributed by atoms with Gasteiger partial charge in [0.1, 0.15) is 11.2 Å². The van der Waals surface area contributed by atoms with Crippen LogP contribution in [0.15, 0.2) is 23.1 Å². The number of sulfonamides is 1. The number of fused-ring (bicyclic) bond motifs is 3. The van der Waals surface area contributed by atoms with Gasteiger partial charge in [-0.2, -0.15) is 15.1 Å². The van der Waals surface area contributed by atoms with E-state index < -0.39 is 27.0 Å². The summed E-state index contributed by atoms with van der Waals surface area (Å²) in [7, 11) is -2.41. The number of nitrogens with one attached hydrogen (secondary N) is 1. The molecule has 1 aliphatic carbocycles. The number of carbonyl (C=O) groups is 1. The maximum Gasteiger partial charge on any atom is 0.291 e. The van der Waals surface area contributed by atoms with Gasteiger partial charge >= 0.3 is 0 Å². The maximum atomic E-state index is 13.6. The lowest BCUT2D eigenvalue weighted by Gasteiger charge is -2.46. The Morgan fingerprint density at radius 3 is 2.61 bits per heavy atom. The Hall–Kier alpha value is -3.28. The average Bonchev–Trinajstić information content (AvgIpc) is 3.35. The van der Waals surface area contributed by atoms with Gasteiger partial charge in [0.2, 0.25) is 15.9 Å². The summed E-state index contributed by atoms with van der Waals surface area (Å²) in [6.45, 7) is 3.78. The number of nitriles is 1. The van der Waals surface area contributed by atoms with E-state index in [4.69, 9.17) is 0 Å². The van der Waals surface area contributed by atoms with E-state index in [-0.39, 0.29) is 39.5 Å². The van der Waals surface area contributed by atoms with E-state index in [1.807, 2.05) is 18.7 Å². The molecule has 3 aromatic rings. The number of benzene rings is 1. The van der Waals surface area contributed by atoms with Gasteiger partial charge in [0.05, 0.1) is 22.5 Å². The van der Waals surface area contributed by atoms with Crippen molar-refractivity contribution in [3.8, 4) is 16.8 Å². The first-order chi connectivity index (χ1) is 19.4. The van der Waals surface area contributed by atoms with E-state index >= 15 is 0 Å². The second-order valence-corrected chi connectivity index (χ2v) is 14.0. The minimum Gasteiger partial charge on any atom is -0.333 e. The van der Waals surface area contributed by atoms with Gasteiger partial charge in [-0.05, 0) is 56.2 Å². The van der Waals surface area contributed by atoms with E-state index in [0.717, 1.165) is 24.8 Å². The van der Waals surface area contributed by atoms with Gasteiger partial charge in [-0.3, -0.25) is 9.48 Å². The summed E-state index contributed by atoms with van der Waals surface area (Å²) in [5, 5.41) is 21.8. The molecule has 216 valence electrons. The Morgan fingerprint density at radius 1 is 1.24 bits per heavy atom. The van der Waals surface area contributed by atoms with Crippen LogP contribution in [0.2, 0.25) is 0 Å². The lowest BCUT2D eigenvalue weighted by atomic mass is 9.81. The van der Waals surface area contributed by atoms with E-state index in [1.54, 1.807) is 17.8 Å². The summed E-state index contributed by atoms with van der Waals surface area (Å²) < 4.78 is 58.0. The first kappa shape index (κ1) is 27.9. The fraction of sp³-hybridized carbons (Fsp3) is 0.519. The van der Waals surface area contributed by atoms with Gasteiger partial charge in [-0.1, -0.05) is 31.3 Å². The highest BCUT2D eigenvalue weighted by atomic mass is 32.2. The number of aryl methyl sites for hydroxylation is 1. The number of amides is 1. The van der Waals surface area contributed by atoms with Crippen LogP contribution in [0, 0.1) is 17.2 Å². The van der Waals surface area contributed by atoms with Crippen molar-refractivity contribution in [3.63, 3.8) is 0 Å². The molecule has 6 rings (SSSR count). The number of nitrogens with zero attached hydrogens (tertiary/aromatic N) is 6. The van der Waals surface area contributed by atoms with Crippen molar-refractivity contribution >= 4 is 43.7 Å². The van der Waals surface area contributed by atoms with Gasteiger partial charge in [0.15, 0.2) is 10.0 Å². The molecule has 10 nitrogen and oxygen atoms in total. The Kier molecular flexibility index (Phi) is 6.74. The Labute approximate surface area is 240 Å². The largest absolute Gasteiger partial charge is 0.333 e. The smallest absolute Gasteiger partial charge is 0.291 e. The zero-order chi connectivity index (χ0) is 29.3. The van der Waals surface area contributed by atoms with Crippen molar-refractivity contribution < 1.29 is 22.0 Å². The second kappa shape index (κ2) is 9.92. The average molecular weight is 602 g/mol. The van der Waals surface area contributed by atoms with E-state index in [1.165, 1.54) is 6.07 Å². The molecule has 2 aliphatic heterocycles. The predicted molar refractivity (Wildman–Crippen MR) is 148 cm³/mol. The van der Waals surface area contributed by atoms with Crippen LogP contribution >= 0.6 is 11.3 Å². The zero-order valence-electron chi connectivity index (χ0n) is 22.8. The number of alkyl halides is 2. The minimum absolute atomic E-state index is 0.0186. The molecule has 4 heterocycles. The van der Waals surface area contributed by atoms with Crippen LogP contribution in [0.5, 0.6) is 0 Å². The lowest BCUT2D eigenvalue weighted by Crippen LogP contribution is -2.52. The number of hydrogen-bond donors (Lipinski definition) is 1. The van der Waals surface area contributed by atoms with Crippen molar-refractivity contribution in [3.05, 3.63) is 28.8 Å². The first-order valence-corrected chi connectivity index (χ1v) is 15.8. The Bertz CT molecular complexity index is 1730. The van der Waals surface area contributed by atoms with Gasteiger partial charge < -0.3 is 4.90 Å². The summed E-state index contributed by atoms with van der Waals surface area (Å²) in [6, 6.07) is 4.98. The molecule has 1 saturated heterocycles. The number of piperidine rings is 1. The van der Waals surface area contributed by atoms with Gasteiger partial charge in [-0.15, -0.1) is 10.2 Å². The molecule has 2 fully saturated rings. The fourth-order valence-corrected chi connectivity index (χ4v) is 8.04. The lowest BCUT2D eigenvalue weighted by molar-refractivity contribution is -0.140. The number of halogens is 2. The van der Waals surface area contributed by atoms with Crippen LogP contribution in [0.1, 0.15) is 69.4 Å². The molecule has 3 aliphatic rings. The molecule has 1 aromatic carbocycles. The van der Waals surface area contributed by atoms with Crippen LogP contribution in [0.3, 0.4) is 0 Å². The van der Waals surface area contributed by atoms with Crippen molar-refractivity contribution in [2.45, 2.75) is 81.3 Å². The zero-order valence-corrected chi connectivity index (χ0v) is 24.4. The standard InChI is InChI=1S/C27H29F2N7O3S2/c1-14(2)26(37)36-16-5-4-6-17(36)10-15(9-16)19-11-18(41(38,39)34-27(13-30)7-8-27)12-20-21(33-35(3)22(19)20)24-31-32-25(40-24)23(28)29/h9,11-12,14,16-17,23,34H,4-8,10H2,1-3H3. The number of aromatic nitrogens is 4. The van der Waals surface area contributed by atoms with Crippen molar-refractivity contribution in [1.82, 2.24) is 29.6 Å². The molecule has 1 saturated carbocycles. The topological polar surface area (TPSA) is 134 Å². The van der Waals surface area contributed by atoms with Crippen molar-refractivity contribution in [2.24, 2.45) is 13.0 Å². The molecule has 41 heavy (non-hydrogen) atoms. The normalized spacial score (nSPS) is 21.8. The molecule has 14 heteroatoms. The molecular formula is C27H29F2N7O3S2. The maximum absolute atomic E-state index is 13.6. The second-order valence-electron chi connectivity index (χ2n) is 11.3. The summed E-state index contributed by atoms with van der Waals surface area (Å²) >= 11 is 0.705. The van der Waals surface area contributed by atoms with Crippen molar-refractivity contribution in [1.29, 1.82) is 5.26 Å². The summed E-state index contributed by atoms with van der Waals surface area (Å²) in [4.78, 5) is 15.0. The van der Waals surface area contributed by atoms with Crippen LogP contribution < -0.4 is 4.72 Å². The molecular weight excluding hydrogens is 572 g/mol. The van der Waals surface area contributed by atoms with Gasteiger partial charge in [0, 0.05) is 30.0 Å². The molecule has 2 aromatic heterocycles. The monoisotopic (exact) mass is 601 g/mol. The summed E-state index contributed by atoms with van der Waals surface area (Å²) in [5.41, 5.74) is 1.28. The Morgan fingerprint density at radius 2 is 2.00 bits per heavy atom. The highest BCUT2D eigenvalue weighted by Crippen LogP contribution is 2.43. The quantitative estimate of drug-likeness (QED) is 0.420. The van der Waals surface area contributed by atoms with Crippen LogP contribution in [-0.4, -0.2) is 56.8 Å². The highest BCUT2D eigenvalue weighted by Gasteiger charge is 2.47. The van der Waals surface area contributed by atoms with E-state index in [0.29, 0.717) is 47.1 Å². The van der Waals surface area contributed by atoms with E-state index in [2.05, 4.69) is 32.2 Å². The minimum atomic E-state index is -4.13. The SMILES string of the molecule is CC(C)C(=O)N1C2C=C(c3cc(S(=O)(=O)NC4(C#N)CC4)cc4c(-c5nnc(C(F)F)s5)nn(C)c34)CC1CCC2. The molecule has 0 radical (unpaired) electrons. The van der Waals surface area contributed by atoms with E-state index in [9.17, 15) is 27.3 Å². The molecule has 1 N–H and O–H groups in total. The third-order valence-corrected chi connectivity index (χ3v) is 10.5. The van der Waals surface area contributed by atoms with Gasteiger partial charge in [-0.25, -0.2) is 17.2 Å². The third-order valence-electron chi connectivity index (χ3n) is 8.08. The summed E-state index contributed by atoms with van der Waals surface area (Å²) in [6.07, 6.45) is 3.29. The molecule has 2 atom stereocenters. The molecule has 2 bridgehead atoms. The van der Waals surface area contributed by atoms with Crippen LogP contribution in [0.4, 0.5) is 8.78 Å². The number of rotatable bonds is 7. The molecule has 1 amide bonds. The summed E-state index contributed by atoms with van der Waals surface area (Å²) in [5.74, 6) is -0.0420. The number of carbonyl (C=O) groups excluding carboxylic acids is 1. The van der Waals surface area contributed by atoms with Crippen LogP contribution in [0.25, 0.3) is 27.2 Å². The predicted octanol–water partition coefficient (Wildman–Crippen LogP) is 4.56.